The predicted molar refractivity (Wildman–Crippen MR) is 85.0 cm³/mol. The first-order valence-electron chi connectivity index (χ1n) is 6.58. The van der Waals surface area contributed by atoms with E-state index in [2.05, 4.69) is 5.32 Å². The standard InChI is InChI=1S/C15H15ClN2O2.ClH/c16-14-7-6-13(20-14)15(19)18-12-3-1-2-9-8-10(17)4-5-11(9)12;/h4-8,12H,1-3,17H2,(H,18,19);1H. The molecule has 21 heavy (non-hydrogen) atoms. The van der Waals surface area contributed by atoms with Gasteiger partial charge in [0.2, 0.25) is 0 Å². The number of hydrogen-bond acceptors (Lipinski definition) is 3. The molecule has 0 fully saturated rings. The van der Waals surface area contributed by atoms with Crippen LogP contribution in [0.2, 0.25) is 5.22 Å². The van der Waals surface area contributed by atoms with Gasteiger partial charge in [0.25, 0.3) is 5.91 Å². The van der Waals surface area contributed by atoms with E-state index in [0.29, 0.717) is 0 Å². The van der Waals surface area contributed by atoms with Crippen LogP contribution in [0.15, 0.2) is 34.7 Å². The van der Waals surface area contributed by atoms with Crippen LogP contribution in [0.4, 0.5) is 5.69 Å². The molecule has 112 valence electrons. The van der Waals surface area contributed by atoms with Gasteiger partial charge in [-0.05, 0) is 66.3 Å². The molecule has 1 unspecified atom stereocenters. The van der Waals surface area contributed by atoms with Gasteiger partial charge in [0, 0.05) is 5.69 Å². The van der Waals surface area contributed by atoms with E-state index in [1.165, 1.54) is 5.56 Å². The third kappa shape index (κ3) is 3.34. The molecular weight excluding hydrogens is 311 g/mol. The third-order valence-corrected chi connectivity index (χ3v) is 3.79. The van der Waals surface area contributed by atoms with Gasteiger partial charge < -0.3 is 15.5 Å². The zero-order chi connectivity index (χ0) is 14.1. The Morgan fingerprint density at radius 1 is 1.33 bits per heavy atom. The summed E-state index contributed by atoms with van der Waals surface area (Å²) in [5, 5.41) is 3.21. The summed E-state index contributed by atoms with van der Waals surface area (Å²) in [6, 6.07) is 8.97. The van der Waals surface area contributed by atoms with Gasteiger partial charge in [0.15, 0.2) is 11.0 Å². The van der Waals surface area contributed by atoms with Crippen LogP contribution in [-0.2, 0) is 6.42 Å². The minimum Gasteiger partial charge on any atom is -0.440 e. The molecule has 1 aliphatic rings. The van der Waals surface area contributed by atoms with E-state index in [1.54, 1.807) is 12.1 Å². The van der Waals surface area contributed by atoms with Crippen molar-refractivity contribution in [3.8, 4) is 0 Å². The van der Waals surface area contributed by atoms with Gasteiger partial charge in [-0.3, -0.25) is 4.79 Å². The van der Waals surface area contributed by atoms with Crippen LogP contribution < -0.4 is 11.1 Å². The van der Waals surface area contributed by atoms with Crippen LogP contribution in [0.1, 0.15) is 40.6 Å². The molecule has 6 heteroatoms. The topological polar surface area (TPSA) is 68.3 Å². The number of nitrogen functional groups attached to an aromatic ring is 1. The van der Waals surface area contributed by atoms with Crippen molar-refractivity contribution in [3.05, 3.63) is 52.4 Å². The van der Waals surface area contributed by atoms with Crippen molar-refractivity contribution in [2.75, 3.05) is 5.73 Å². The minimum absolute atomic E-state index is 0. The van der Waals surface area contributed by atoms with Gasteiger partial charge in [-0.25, -0.2) is 0 Å². The summed E-state index contributed by atoms with van der Waals surface area (Å²) < 4.78 is 5.13. The van der Waals surface area contributed by atoms with Crippen LogP contribution in [0, 0.1) is 0 Å². The van der Waals surface area contributed by atoms with Gasteiger partial charge in [-0.1, -0.05) is 6.07 Å². The highest BCUT2D eigenvalue weighted by Crippen LogP contribution is 2.31. The number of benzene rings is 1. The number of anilines is 1. The van der Waals surface area contributed by atoms with Crippen molar-refractivity contribution in [3.63, 3.8) is 0 Å². The van der Waals surface area contributed by atoms with Gasteiger partial charge in [-0.2, -0.15) is 0 Å². The smallest absolute Gasteiger partial charge is 0.287 e. The highest BCUT2D eigenvalue weighted by molar-refractivity contribution is 6.29. The Bertz CT molecular complexity index is 655. The number of carbonyl (C=O) groups is 1. The van der Waals surface area contributed by atoms with Crippen molar-refractivity contribution in [2.45, 2.75) is 25.3 Å². The predicted octanol–water partition coefficient (Wildman–Crippen LogP) is 3.74. The molecule has 3 N–H and O–H groups in total. The van der Waals surface area contributed by atoms with Crippen molar-refractivity contribution >= 4 is 35.6 Å². The maximum Gasteiger partial charge on any atom is 0.287 e. The number of halogens is 2. The van der Waals surface area contributed by atoms with Crippen LogP contribution in [0.25, 0.3) is 0 Å². The van der Waals surface area contributed by atoms with Crippen LogP contribution in [0.5, 0.6) is 0 Å². The first-order chi connectivity index (χ1) is 9.63. The summed E-state index contributed by atoms with van der Waals surface area (Å²) in [5.41, 5.74) is 8.91. The van der Waals surface area contributed by atoms with Crippen LogP contribution in [0.3, 0.4) is 0 Å². The SMILES string of the molecule is Cl.Nc1ccc2c(c1)CCCC2NC(=O)c1ccc(Cl)o1. The molecule has 4 nitrogen and oxygen atoms in total. The number of hydrogen-bond donors (Lipinski definition) is 2. The number of nitrogens with one attached hydrogen (secondary N) is 1. The molecule has 0 radical (unpaired) electrons. The van der Waals surface area contributed by atoms with E-state index in [-0.39, 0.29) is 35.3 Å². The highest BCUT2D eigenvalue weighted by Gasteiger charge is 2.23. The lowest BCUT2D eigenvalue weighted by molar-refractivity contribution is 0.0905. The zero-order valence-corrected chi connectivity index (χ0v) is 12.8. The van der Waals surface area contributed by atoms with Crippen molar-refractivity contribution in [1.82, 2.24) is 5.32 Å². The fourth-order valence-corrected chi connectivity index (χ4v) is 2.80. The summed E-state index contributed by atoms with van der Waals surface area (Å²) in [5.74, 6) is -0.0101. The quantitative estimate of drug-likeness (QED) is 0.826. The molecule has 0 saturated heterocycles. The van der Waals surface area contributed by atoms with Crippen molar-refractivity contribution in [2.24, 2.45) is 0 Å². The van der Waals surface area contributed by atoms with Crippen molar-refractivity contribution in [1.29, 1.82) is 0 Å². The van der Waals surface area contributed by atoms with Gasteiger partial charge >= 0.3 is 0 Å². The van der Waals surface area contributed by atoms with Crippen molar-refractivity contribution < 1.29 is 9.21 Å². The van der Waals surface area contributed by atoms with E-state index in [0.717, 1.165) is 30.5 Å². The number of furan rings is 1. The normalized spacial score (nSPS) is 16.7. The summed E-state index contributed by atoms with van der Waals surface area (Å²) in [6.45, 7) is 0. The Balaban J connectivity index is 0.00000161. The summed E-state index contributed by atoms with van der Waals surface area (Å²) in [6.07, 6.45) is 2.94. The Hall–Kier alpha value is -1.65. The Morgan fingerprint density at radius 3 is 2.86 bits per heavy atom. The lowest BCUT2D eigenvalue weighted by Gasteiger charge is -2.26. The third-order valence-electron chi connectivity index (χ3n) is 3.58. The molecule has 2 aromatic rings. The zero-order valence-electron chi connectivity index (χ0n) is 11.3. The van der Waals surface area contributed by atoms with Gasteiger partial charge in [-0.15, -0.1) is 12.4 Å². The Morgan fingerprint density at radius 2 is 2.14 bits per heavy atom. The van der Waals surface area contributed by atoms with E-state index in [9.17, 15) is 4.79 Å². The highest BCUT2D eigenvalue weighted by atomic mass is 35.5. The minimum atomic E-state index is -0.244. The number of aryl methyl sites for hydroxylation is 1. The molecule has 1 aromatic heterocycles. The molecule has 1 amide bonds. The van der Waals surface area contributed by atoms with E-state index in [1.807, 2.05) is 18.2 Å². The average Bonchev–Trinajstić information content (AvgIpc) is 2.85. The summed E-state index contributed by atoms with van der Waals surface area (Å²) in [4.78, 5) is 12.1. The van der Waals surface area contributed by atoms with E-state index in [4.69, 9.17) is 21.8 Å². The first kappa shape index (κ1) is 15.7. The molecule has 1 aliphatic carbocycles. The van der Waals surface area contributed by atoms with Crippen LogP contribution >= 0.6 is 24.0 Å². The fraction of sp³-hybridized carbons (Fsp3) is 0.267. The molecular formula is C15H16Cl2N2O2. The maximum atomic E-state index is 12.1. The Labute approximate surface area is 134 Å². The molecule has 1 heterocycles. The number of nitrogens with two attached hydrogens (primary N) is 1. The molecule has 0 aliphatic heterocycles. The van der Waals surface area contributed by atoms with E-state index < -0.39 is 0 Å². The second-order valence-electron chi connectivity index (χ2n) is 4.98. The number of amides is 1. The first-order valence-corrected chi connectivity index (χ1v) is 6.96. The number of carbonyl (C=O) groups excluding carboxylic acids is 1. The molecule has 0 bridgehead atoms. The molecule has 1 atom stereocenters. The summed E-state index contributed by atoms with van der Waals surface area (Å²) >= 11 is 5.69. The lowest BCUT2D eigenvalue weighted by atomic mass is 9.87. The fourth-order valence-electron chi connectivity index (χ4n) is 2.65. The number of fused-ring (bicyclic) bond motifs is 1. The second-order valence-corrected chi connectivity index (χ2v) is 5.35. The largest absolute Gasteiger partial charge is 0.440 e. The monoisotopic (exact) mass is 326 g/mol. The molecule has 3 rings (SSSR count). The van der Waals surface area contributed by atoms with Gasteiger partial charge in [0.05, 0.1) is 6.04 Å². The molecule has 0 saturated carbocycles. The van der Waals surface area contributed by atoms with Gasteiger partial charge in [0.1, 0.15) is 0 Å². The maximum absolute atomic E-state index is 12.1. The molecule has 1 aromatic carbocycles. The summed E-state index contributed by atoms with van der Waals surface area (Å²) in [7, 11) is 0. The lowest BCUT2D eigenvalue weighted by Crippen LogP contribution is -2.30. The van der Waals surface area contributed by atoms with Crippen LogP contribution in [-0.4, -0.2) is 5.91 Å². The Kier molecular flexibility index (Phi) is 4.80. The number of rotatable bonds is 2. The van der Waals surface area contributed by atoms with E-state index >= 15 is 0 Å². The molecule has 0 spiro atoms. The average molecular weight is 327 g/mol. The second kappa shape index (κ2) is 6.41.